The first-order valence-corrected chi connectivity index (χ1v) is 13.7. The molecule has 1 aromatic carbocycles. The highest BCUT2D eigenvalue weighted by molar-refractivity contribution is 7.22. The van der Waals surface area contributed by atoms with Gasteiger partial charge in [-0.3, -0.25) is 9.59 Å². The molecule has 0 saturated carbocycles. The van der Waals surface area contributed by atoms with Crippen LogP contribution in [0.25, 0.3) is 21.0 Å². The van der Waals surface area contributed by atoms with Crippen LogP contribution in [0.2, 0.25) is 0 Å². The summed E-state index contributed by atoms with van der Waals surface area (Å²) in [5.41, 5.74) is 0.0648. The number of pyridine rings is 1. The van der Waals surface area contributed by atoms with Crippen molar-refractivity contribution in [3.05, 3.63) is 69.8 Å². The molecule has 0 bridgehead atoms. The summed E-state index contributed by atoms with van der Waals surface area (Å²) >= 11 is 1.40. The van der Waals surface area contributed by atoms with Gasteiger partial charge in [0, 0.05) is 30.5 Å². The number of rotatable bonds is 9. The minimum atomic E-state index is -1.41. The van der Waals surface area contributed by atoms with Gasteiger partial charge in [-0.25, -0.2) is 4.98 Å². The molecule has 0 radical (unpaired) electrons. The topological polar surface area (TPSA) is 113 Å². The highest BCUT2D eigenvalue weighted by Crippen LogP contribution is 2.39. The second kappa shape index (κ2) is 11.0. The van der Waals surface area contributed by atoms with Crippen LogP contribution < -0.4 is 10.2 Å². The first kappa shape index (κ1) is 27.1. The number of ether oxygens (including phenoxy) is 3. The van der Waals surface area contributed by atoms with E-state index in [1.807, 2.05) is 35.8 Å². The van der Waals surface area contributed by atoms with Gasteiger partial charge in [0.15, 0.2) is 5.43 Å². The molecule has 0 spiro atoms. The van der Waals surface area contributed by atoms with E-state index in [-0.39, 0.29) is 17.1 Å². The van der Waals surface area contributed by atoms with Gasteiger partial charge in [-0.15, -0.1) is 11.3 Å². The molecule has 1 N–H and O–H groups in total. The number of thiophene rings is 1. The number of hydrogen-bond donors (Lipinski definition) is 1. The van der Waals surface area contributed by atoms with Crippen molar-refractivity contribution in [2.75, 3.05) is 20.3 Å². The lowest BCUT2D eigenvalue weighted by Crippen LogP contribution is -2.35. The van der Waals surface area contributed by atoms with E-state index < -0.39 is 17.5 Å². The average molecular weight is 553 g/mol. The van der Waals surface area contributed by atoms with Crippen LogP contribution in [-0.2, 0) is 26.2 Å². The molecule has 206 valence electrons. The molecular formula is C29H32N2O7S. The van der Waals surface area contributed by atoms with Crippen LogP contribution >= 0.6 is 11.3 Å². The molecular weight excluding hydrogens is 520 g/mol. The normalized spacial score (nSPS) is 15.5. The van der Waals surface area contributed by atoms with Crippen molar-refractivity contribution in [2.24, 2.45) is 0 Å². The van der Waals surface area contributed by atoms with Crippen molar-refractivity contribution in [3.63, 3.8) is 0 Å². The number of benzene rings is 1. The molecule has 1 saturated heterocycles. The summed E-state index contributed by atoms with van der Waals surface area (Å²) < 4.78 is 25.4. The molecule has 5 rings (SSSR count). The van der Waals surface area contributed by atoms with Crippen LogP contribution in [0.15, 0.2) is 52.1 Å². The van der Waals surface area contributed by atoms with Crippen LogP contribution in [0.3, 0.4) is 0 Å². The van der Waals surface area contributed by atoms with Crippen LogP contribution in [0.5, 0.6) is 5.75 Å². The zero-order chi connectivity index (χ0) is 27.7. The van der Waals surface area contributed by atoms with Crippen molar-refractivity contribution in [1.29, 1.82) is 0 Å². The Labute approximate surface area is 230 Å². The summed E-state index contributed by atoms with van der Waals surface area (Å²) in [6.45, 7) is 6.54. The molecule has 4 aromatic rings. The van der Waals surface area contributed by atoms with E-state index in [1.165, 1.54) is 17.6 Å². The lowest BCUT2D eigenvalue weighted by Gasteiger charge is -2.30. The van der Waals surface area contributed by atoms with Crippen molar-refractivity contribution in [2.45, 2.75) is 57.8 Å². The largest absolute Gasteiger partial charge is 0.496 e. The van der Waals surface area contributed by atoms with E-state index in [4.69, 9.17) is 18.6 Å². The van der Waals surface area contributed by atoms with Gasteiger partial charge in [-0.05, 0) is 45.2 Å². The fourth-order valence-electron chi connectivity index (χ4n) is 4.98. The maximum absolute atomic E-state index is 13.8. The van der Waals surface area contributed by atoms with Crippen LogP contribution in [0.1, 0.15) is 49.5 Å². The van der Waals surface area contributed by atoms with Gasteiger partial charge < -0.3 is 28.3 Å². The minimum Gasteiger partial charge on any atom is -0.496 e. The van der Waals surface area contributed by atoms with E-state index in [0.717, 1.165) is 23.3 Å². The fourth-order valence-corrected chi connectivity index (χ4v) is 6.21. The van der Waals surface area contributed by atoms with E-state index in [1.54, 1.807) is 33.4 Å². The quantitative estimate of drug-likeness (QED) is 0.296. The Bertz CT molecular complexity index is 1530. The van der Waals surface area contributed by atoms with Gasteiger partial charge in [0.25, 0.3) is 0 Å². The van der Waals surface area contributed by atoms with E-state index in [2.05, 4.69) is 4.98 Å². The molecule has 0 amide bonds. The zero-order valence-corrected chi connectivity index (χ0v) is 23.2. The van der Waals surface area contributed by atoms with Gasteiger partial charge in [-0.1, -0.05) is 18.2 Å². The van der Waals surface area contributed by atoms with Gasteiger partial charge >= 0.3 is 5.97 Å². The summed E-state index contributed by atoms with van der Waals surface area (Å²) in [6.07, 6.45) is 5.83. The van der Waals surface area contributed by atoms with Gasteiger partial charge in [0.05, 0.1) is 41.6 Å². The molecule has 39 heavy (non-hydrogen) atoms. The molecule has 0 unspecified atom stereocenters. The van der Waals surface area contributed by atoms with Gasteiger partial charge in [0.2, 0.25) is 5.89 Å². The zero-order valence-electron chi connectivity index (χ0n) is 22.4. The monoisotopic (exact) mass is 552 g/mol. The molecule has 1 fully saturated rings. The number of methoxy groups -OCH3 is 1. The smallest absolute Gasteiger partial charge is 0.313 e. The standard InChI is InChI=1S/C29H32N2O7S/c1-17-23-24(32)20(29(2,3)28(33)34)15-31(27(23)39-25(17)26-30-11-14-37-26)16-22(38-18-9-12-36-13-10-18)19-7-5-6-8-21(19)35-4/h5-8,11,14-15,18,22H,9-10,12-13,16H2,1-4H3,(H,33,34)/t22-/m0/s1. The Hall–Kier alpha value is -3.47. The molecule has 10 heteroatoms. The number of nitrogens with zero attached hydrogens (tertiary/aromatic N) is 2. The lowest BCUT2D eigenvalue weighted by atomic mass is 9.85. The highest BCUT2D eigenvalue weighted by Gasteiger charge is 2.35. The summed E-state index contributed by atoms with van der Waals surface area (Å²) in [7, 11) is 1.63. The molecule has 3 aromatic heterocycles. The first-order valence-electron chi connectivity index (χ1n) is 12.9. The number of carbonyl (C=O) groups is 1. The molecule has 1 atom stereocenters. The SMILES string of the molecule is COc1ccccc1[C@H](Cn1cc(C(C)(C)C(=O)O)c(=O)c2c(C)c(-c3ncco3)sc21)OC1CCOCC1. The predicted molar refractivity (Wildman–Crippen MR) is 148 cm³/mol. The average Bonchev–Trinajstić information content (AvgIpc) is 3.58. The first-order chi connectivity index (χ1) is 18.7. The number of fused-ring (bicyclic) bond motifs is 1. The summed E-state index contributed by atoms with van der Waals surface area (Å²) in [5, 5.41) is 10.5. The van der Waals surface area contributed by atoms with E-state index >= 15 is 0 Å². The third kappa shape index (κ3) is 5.11. The predicted octanol–water partition coefficient (Wildman–Crippen LogP) is 5.33. The lowest BCUT2D eigenvalue weighted by molar-refractivity contribution is -0.142. The molecule has 0 aliphatic carbocycles. The Balaban J connectivity index is 1.70. The molecule has 1 aliphatic rings. The van der Waals surface area contributed by atoms with Crippen molar-refractivity contribution in [3.8, 4) is 16.5 Å². The fraction of sp³-hybridized carbons (Fsp3) is 0.414. The second-order valence-corrected chi connectivity index (χ2v) is 11.2. The Kier molecular flexibility index (Phi) is 7.61. The molecule has 1 aliphatic heterocycles. The third-order valence-electron chi connectivity index (χ3n) is 7.35. The van der Waals surface area contributed by atoms with Crippen LogP contribution in [0.4, 0.5) is 0 Å². The molecule has 4 heterocycles. The van der Waals surface area contributed by atoms with E-state index in [0.29, 0.717) is 47.2 Å². The van der Waals surface area contributed by atoms with E-state index in [9.17, 15) is 14.7 Å². The number of oxazole rings is 1. The third-order valence-corrected chi connectivity index (χ3v) is 8.67. The second-order valence-electron chi connectivity index (χ2n) is 10.2. The maximum atomic E-state index is 13.8. The highest BCUT2D eigenvalue weighted by atomic mass is 32.1. The van der Waals surface area contributed by atoms with Crippen LogP contribution in [0, 0.1) is 6.92 Å². The van der Waals surface area contributed by atoms with Gasteiger partial charge in [-0.2, -0.15) is 0 Å². The number of aryl methyl sites for hydroxylation is 1. The number of aliphatic carboxylic acids is 1. The number of carboxylic acid groups (broad SMARTS) is 1. The maximum Gasteiger partial charge on any atom is 0.313 e. The Morgan fingerprint density at radius 2 is 2.03 bits per heavy atom. The summed E-state index contributed by atoms with van der Waals surface area (Å²) in [4.78, 5) is 31.8. The minimum absolute atomic E-state index is 0.00795. The molecule has 9 nitrogen and oxygen atoms in total. The number of carboxylic acids is 1. The van der Waals surface area contributed by atoms with Crippen molar-refractivity contribution < 1.29 is 28.5 Å². The van der Waals surface area contributed by atoms with Gasteiger partial charge in [0.1, 0.15) is 22.9 Å². The number of para-hydroxylation sites is 1. The Morgan fingerprint density at radius 1 is 1.28 bits per heavy atom. The Morgan fingerprint density at radius 3 is 2.69 bits per heavy atom. The van der Waals surface area contributed by atoms with Crippen molar-refractivity contribution >= 4 is 27.5 Å². The number of hydrogen-bond acceptors (Lipinski definition) is 8. The summed E-state index contributed by atoms with van der Waals surface area (Å²) in [5.74, 6) is 0.0326. The number of aromatic nitrogens is 2. The van der Waals surface area contributed by atoms with Crippen molar-refractivity contribution in [1.82, 2.24) is 9.55 Å². The summed E-state index contributed by atoms with van der Waals surface area (Å²) in [6, 6.07) is 7.71. The van der Waals surface area contributed by atoms with Crippen LogP contribution in [-0.4, -0.2) is 47.1 Å².